The Morgan fingerprint density at radius 2 is 1.95 bits per heavy atom. The fourth-order valence-corrected chi connectivity index (χ4v) is 2.69. The van der Waals surface area contributed by atoms with Gasteiger partial charge in [-0.05, 0) is 46.0 Å². The van der Waals surface area contributed by atoms with Crippen molar-refractivity contribution in [2.24, 2.45) is 5.92 Å². The van der Waals surface area contributed by atoms with Crippen LogP contribution < -0.4 is 5.32 Å². The van der Waals surface area contributed by atoms with Gasteiger partial charge in [-0.15, -0.1) is 0 Å². The quantitative estimate of drug-likeness (QED) is 0.802. The molecule has 2 fully saturated rings. The minimum atomic E-state index is -0.141. The Balaban J connectivity index is 1.62. The van der Waals surface area contributed by atoms with Gasteiger partial charge in [0.15, 0.2) is 0 Å². The van der Waals surface area contributed by atoms with Gasteiger partial charge in [-0.2, -0.15) is 0 Å². The van der Waals surface area contributed by atoms with Crippen LogP contribution in [0.15, 0.2) is 0 Å². The largest absolute Gasteiger partial charge is 0.375 e. The first-order valence-corrected chi connectivity index (χ1v) is 7.42. The molecule has 1 aliphatic carbocycles. The fourth-order valence-electron chi connectivity index (χ4n) is 2.69. The average Bonchev–Trinajstić information content (AvgIpc) is 3.10. The molecule has 0 spiro atoms. The Hall–Kier alpha value is -0.900. The molecule has 2 aliphatic rings. The Kier molecular flexibility index (Phi) is 4.61. The monoisotopic (exact) mass is 267 g/mol. The predicted molar refractivity (Wildman–Crippen MR) is 72.8 cm³/mol. The van der Waals surface area contributed by atoms with Crippen LogP contribution in [0.4, 0.5) is 0 Å². The molecule has 1 N–H and O–H groups in total. The van der Waals surface area contributed by atoms with Crippen LogP contribution in [0.25, 0.3) is 0 Å². The lowest BCUT2D eigenvalue weighted by molar-refractivity contribution is -0.124. The second-order valence-electron chi connectivity index (χ2n) is 6.46. The van der Waals surface area contributed by atoms with Crippen molar-refractivity contribution in [3.63, 3.8) is 0 Å². The number of amides is 1. The van der Waals surface area contributed by atoms with Crippen LogP contribution in [0.3, 0.4) is 0 Å². The van der Waals surface area contributed by atoms with Gasteiger partial charge in [0.25, 0.3) is 0 Å². The van der Waals surface area contributed by atoms with Gasteiger partial charge in [0.05, 0.1) is 5.60 Å². The van der Waals surface area contributed by atoms with Crippen LogP contribution in [0.2, 0.25) is 0 Å². The summed E-state index contributed by atoms with van der Waals surface area (Å²) in [6, 6.07) is 0.218. The summed E-state index contributed by atoms with van der Waals surface area (Å²) in [5.41, 5.74) is -0.141. The van der Waals surface area contributed by atoms with Crippen molar-refractivity contribution in [1.82, 2.24) is 5.32 Å². The molecule has 0 aromatic rings. The molecular formula is C15H25NO3. The minimum Gasteiger partial charge on any atom is -0.375 e. The molecule has 4 nitrogen and oxygen atoms in total. The molecule has 1 amide bonds. The van der Waals surface area contributed by atoms with Crippen LogP contribution in [0, 0.1) is 5.92 Å². The first-order chi connectivity index (χ1) is 8.96. The van der Waals surface area contributed by atoms with Gasteiger partial charge in [-0.3, -0.25) is 9.59 Å². The van der Waals surface area contributed by atoms with Gasteiger partial charge >= 0.3 is 0 Å². The standard InChI is InChI=1S/C15H25NO3/c1-15(2)10-12(8-9-19-15)16-14(18)5-3-4-13(17)11-6-7-11/h11-12H,3-10H2,1-2H3,(H,16,18)/t12-/m1/s1. The summed E-state index contributed by atoms with van der Waals surface area (Å²) in [6.45, 7) is 4.82. The average molecular weight is 267 g/mol. The van der Waals surface area contributed by atoms with E-state index in [-0.39, 0.29) is 17.6 Å². The third-order valence-corrected chi connectivity index (χ3v) is 3.92. The topological polar surface area (TPSA) is 55.4 Å². The zero-order chi connectivity index (χ0) is 13.9. The van der Waals surface area contributed by atoms with E-state index in [9.17, 15) is 9.59 Å². The van der Waals surface area contributed by atoms with E-state index in [0.717, 1.165) is 25.7 Å². The second-order valence-corrected chi connectivity index (χ2v) is 6.46. The highest BCUT2D eigenvalue weighted by Crippen LogP contribution is 2.31. The number of hydrogen-bond acceptors (Lipinski definition) is 3. The van der Waals surface area contributed by atoms with Crippen molar-refractivity contribution >= 4 is 11.7 Å². The maximum absolute atomic E-state index is 11.8. The van der Waals surface area contributed by atoms with E-state index in [0.29, 0.717) is 37.6 Å². The molecule has 0 bridgehead atoms. The van der Waals surface area contributed by atoms with Crippen LogP contribution in [-0.4, -0.2) is 29.9 Å². The molecule has 1 heterocycles. The number of Topliss-reactive ketones (excluding diaryl/α,β-unsaturated/α-hetero) is 1. The van der Waals surface area contributed by atoms with E-state index < -0.39 is 0 Å². The number of nitrogens with one attached hydrogen (secondary N) is 1. The SMILES string of the molecule is CC1(C)C[C@H](NC(=O)CCCC(=O)C2CC2)CCO1. The number of ether oxygens (including phenoxy) is 1. The molecule has 0 unspecified atom stereocenters. The lowest BCUT2D eigenvalue weighted by Gasteiger charge is -2.35. The normalized spacial score (nSPS) is 25.9. The Labute approximate surface area is 115 Å². The fraction of sp³-hybridized carbons (Fsp3) is 0.867. The first-order valence-electron chi connectivity index (χ1n) is 7.42. The zero-order valence-electron chi connectivity index (χ0n) is 12.0. The summed E-state index contributed by atoms with van der Waals surface area (Å²) in [5, 5.41) is 3.06. The number of rotatable bonds is 6. The third-order valence-electron chi connectivity index (χ3n) is 3.92. The van der Waals surface area contributed by atoms with Crippen LogP contribution in [0.5, 0.6) is 0 Å². The Morgan fingerprint density at radius 1 is 1.21 bits per heavy atom. The van der Waals surface area contributed by atoms with Crippen LogP contribution >= 0.6 is 0 Å². The summed E-state index contributed by atoms with van der Waals surface area (Å²) in [5.74, 6) is 0.741. The molecule has 1 saturated carbocycles. The van der Waals surface area contributed by atoms with E-state index in [1.54, 1.807) is 0 Å². The lowest BCUT2D eigenvalue weighted by atomic mass is 9.94. The molecule has 1 saturated heterocycles. The summed E-state index contributed by atoms with van der Waals surface area (Å²) in [4.78, 5) is 23.3. The molecule has 1 atom stereocenters. The van der Waals surface area contributed by atoms with Gasteiger partial charge < -0.3 is 10.1 Å². The minimum absolute atomic E-state index is 0.0753. The molecule has 19 heavy (non-hydrogen) atoms. The van der Waals surface area contributed by atoms with Gasteiger partial charge in [-0.1, -0.05) is 0 Å². The molecule has 0 aromatic heterocycles. The summed E-state index contributed by atoms with van der Waals surface area (Å²) in [6.07, 6.45) is 5.58. The van der Waals surface area contributed by atoms with Crippen molar-refractivity contribution < 1.29 is 14.3 Å². The van der Waals surface area contributed by atoms with Crippen molar-refractivity contribution in [2.45, 2.75) is 70.4 Å². The van der Waals surface area contributed by atoms with E-state index in [1.807, 2.05) is 0 Å². The molecule has 4 heteroatoms. The van der Waals surface area contributed by atoms with Gasteiger partial charge in [-0.25, -0.2) is 0 Å². The summed E-state index contributed by atoms with van der Waals surface area (Å²) < 4.78 is 5.63. The highest BCUT2D eigenvalue weighted by Gasteiger charge is 2.30. The van der Waals surface area contributed by atoms with Crippen LogP contribution in [-0.2, 0) is 14.3 Å². The van der Waals surface area contributed by atoms with E-state index >= 15 is 0 Å². The number of hydrogen-bond donors (Lipinski definition) is 1. The number of carbonyl (C=O) groups excluding carboxylic acids is 2. The maximum atomic E-state index is 11.8. The van der Waals surface area contributed by atoms with Gasteiger partial charge in [0.2, 0.25) is 5.91 Å². The molecular weight excluding hydrogens is 242 g/mol. The smallest absolute Gasteiger partial charge is 0.220 e. The van der Waals surface area contributed by atoms with Crippen molar-refractivity contribution in [3.05, 3.63) is 0 Å². The molecule has 2 rings (SSSR count). The lowest BCUT2D eigenvalue weighted by Crippen LogP contribution is -2.45. The Bertz CT molecular complexity index is 347. The van der Waals surface area contributed by atoms with Crippen LogP contribution in [0.1, 0.15) is 58.8 Å². The van der Waals surface area contributed by atoms with Crippen molar-refractivity contribution in [3.8, 4) is 0 Å². The summed E-state index contributed by atoms with van der Waals surface area (Å²) in [7, 11) is 0. The predicted octanol–water partition coefficient (Wildman–Crippen LogP) is 2.21. The highest BCUT2D eigenvalue weighted by molar-refractivity contribution is 5.84. The first kappa shape index (κ1) is 14.5. The van der Waals surface area contributed by atoms with Gasteiger partial charge in [0.1, 0.15) is 5.78 Å². The van der Waals surface area contributed by atoms with E-state index in [2.05, 4.69) is 19.2 Å². The van der Waals surface area contributed by atoms with E-state index in [4.69, 9.17) is 4.74 Å². The zero-order valence-corrected chi connectivity index (χ0v) is 12.0. The number of carbonyl (C=O) groups is 2. The Morgan fingerprint density at radius 3 is 2.58 bits per heavy atom. The highest BCUT2D eigenvalue weighted by atomic mass is 16.5. The molecule has 1 aliphatic heterocycles. The second kappa shape index (κ2) is 6.04. The molecule has 108 valence electrons. The molecule has 0 aromatic carbocycles. The number of ketones is 1. The van der Waals surface area contributed by atoms with Gasteiger partial charge in [0, 0.05) is 31.4 Å². The van der Waals surface area contributed by atoms with Crippen molar-refractivity contribution in [1.29, 1.82) is 0 Å². The summed E-state index contributed by atoms with van der Waals surface area (Å²) >= 11 is 0. The maximum Gasteiger partial charge on any atom is 0.220 e. The molecule has 0 radical (unpaired) electrons. The third kappa shape index (κ3) is 4.94. The van der Waals surface area contributed by atoms with E-state index in [1.165, 1.54) is 0 Å². The van der Waals surface area contributed by atoms with Crippen molar-refractivity contribution in [2.75, 3.05) is 6.61 Å².